The summed E-state index contributed by atoms with van der Waals surface area (Å²) in [5.41, 5.74) is 3.69. The largest absolute Gasteiger partial charge is 0.305 e. The Morgan fingerprint density at radius 3 is 2.73 bits per heavy atom. The predicted molar refractivity (Wildman–Crippen MR) is 125 cm³/mol. The van der Waals surface area contributed by atoms with Crippen molar-refractivity contribution in [2.45, 2.75) is 58.8 Å². The lowest BCUT2D eigenvalue weighted by atomic mass is 9.92. The van der Waals surface area contributed by atoms with Gasteiger partial charge in [0.15, 0.2) is 0 Å². The van der Waals surface area contributed by atoms with E-state index < -0.39 is 0 Å². The minimum atomic E-state index is -0.312. The van der Waals surface area contributed by atoms with Gasteiger partial charge in [0.25, 0.3) is 11.5 Å². The Bertz CT molecular complexity index is 1440. The summed E-state index contributed by atoms with van der Waals surface area (Å²) in [6.07, 6.45) is 5.31. The van der Waals surface area contributed by atoms with Gasteiger partial charge in [-0.1, -0.05) is 26.8 Å². The van der Waals surface area contributed by atoms with Crippen LogP contribution in [0, 0.1) is 6.92 Å². The monoisotopic (exact) mass is 445 g/mol. The number of hydrogen-bond donors (Lipinski definition) is 2. The molecule has 0 unspecified atom stereocenters. The quantitative estimate of drug-likeness (QED) is 0.503. The van der Waals surface area contributed by atoms with E-state index >= 15 is 0 Å². The predicted octanol–water partition coefficient (Wildman–Crippen LogP) is 3.34. The second-order valence-corrected chi connectivity index (χ2v) is 9.53. The van der Waals surface area contributed by atoms with Gasteiger partial charge >= 0.3 is 0 Å². The molecule has 33 heavy (non-hydrogen) atoms. The Kier molecular flexibility index (Phi) is 4.92. The van der Waals surface area contributed by atoms with Gasteiger partial charge < -0.3 is 5.32 Å². The number of fused-ring (bicyclic) bond motifs is 2. The molecule has 1 amide bonds. The molecule has 1 aliphatic rings. The number of rotatable bonds is 3. The zero-order valence-corrected chi connectivity index (χ0v) is 19.3. The second-order valence-electron chi connectivity index (χ2n) is 9.53. The number of aromatic amines is 1. The second kappa shape index (κ2) is 7.68. The van der Waals surface area contributed by atoms with Crippen molar-refractivity contribution in [3.63, 3.8) is 0 Å². The first-order valence-corrected chi connectivity index (χ1v) is 11.2. The lowest BCUT2D eigenvalue weighted by molar-refractivity contribution is 0.102. The highest BCUT2D eigenvalue weighted by atomic mass is 16.2. The number of H-pyrrole nitrogens is 1. The lowest BCUT2D eigenvalue weighted by Crippen LogP contribution is -2.25. The molecule has 9 heteroatoms. The standard InChI is InChI=1S/C24H27N7O2/c1-14-20(30-12-8-7-11-18(30)25-14)22(33)27-19-13-17(24(2,3)4)29-31(19)23-26-16-10-6-5-9-15(16)21(32)28-23/h7-8,11-13H,5-6,9-10H2,1-4H3,(H,27,33)(H,26,28,32). The molecule has 1 aliphatic carbocycles. The summed E-state index contributed by atoms with van der Waals surface area (Å²) in [5, 5.41) is 7.68. The first-order chi connectivity index (χ1) is 15.7. The van der Waals surface area contributed by atoms with E-state index in [0.717, 1.165) is 42.6 Å². The SMILES string of the molecule is Cc1nc2ccccn2c1C(=O)Nc1cc(C(C)(C)C)nn1-c1nc2c(c(=O)[nH]1)CCCC2. The van der Waals surface area contributed by atoms with Crippen LogP contribution in [0.4, 0.5) is 5.82 Å². The smallest absolute Gasteiger partial charge is 0.275 e. The molecule has 0 atom stereocenters. The van der Waals surface area contributed by atoms with Crippen molar-refractivity contribution in [3.05, 3.63) is 69.2 Å². The van der Waals surface area contributed by atoms with Crippen molar-refractivity contribution >= 4 is 17.4 Å². The van der Waals surface area contributed by atoms with E-state index in [2.05, 4.69) is 15.3 Å². The topological polar surface area (TPSA) is 110 Å². The van der Waals surface area contributed by atoms with Gasteiger partial charge in [0.05, 0.1) is 17.1 Å². The molecule has 4 heterocycles. The van der Waals surface area contributed by atoms with Crippen molar-refractivity contribution in [3.8, 4) is 5.95 Å². The molecule has 0 radical (unpaired) electrons. The zero-order chi connectivity index (χ0) is 23.3. The molecule has 4 aromatic heterocycles. The highest BCUT2D eigenvalue weighted by molar-refractivity contribution is 6.04. The summed E-state index contributed by atoms with van der Waals surface area (Å²) < 4.78 is 3.28. The van der Waals surface area contributed by atoms with Gasteiger partial charge in [0, 0.05) is 23.2 Å². The Hall–Kier alpha value is -3.75. The first kappa shape index (κ1) is 21.1. The van der Waals surface area contributed by atoms with E-state index in [-0.39, 0.29) is 16.9 Å². The van der Waals surface area contributed by atoms with Crippen LogP contribution < -0.4 is 10.9 Å². The maximum absolute atomic E-state index is 13.3. The number of nitrogens with zero attached hydrogens (tertiary/aromatic N) is 5. The van der Waals surface area contributed by atoms with Crippen molar-refractivity contribution in [1.29, 1.82) is 0 Å². The molecule has 9 nitrogen and oxygen atoms in total. The highest BCUT2D eigenvalue weighted by Crippen LogP contribution is 2.26. The number of imidazole rings is 1. The van der Waals surface area contributed by atoms with Gasteiger partial charge in [-0.15, -0.1) is 0 Å². The summed E-state index contributed by atoms with van der Waals surface area (Å²) in [6.45, 7) is 7.94. The zero-order valence-electron chi connectivity index (χ0n) is 19.3. The molecule has 2 N–H and O–H groups in total. The number of anilines is 1. The average Bonchev–Trinajstić information content (AvgIpc) is 3.34. The normalized spacial score (nSPS) is 13.8. The third kappa shape index (κ3) is 3.73. The van der Waals surface area contributed by atoms with Crippen LogP contribution in [0.5, 0.6) is 0 Å². The number of hydrogen-bond acceptors (Lipinski definition) is 5. The van der Waals surface area contributed by atoms with E-state index in [0.29, 0.717) is 28.8 Å². The minimum absolute atomic E-state index is 0.141. The molecule has 4 aromatic rings. The van der Waals surface area contributed by atoms with Crippen LogP contribution in [0.2, 0.25) is 0 Å². The molecule has 0 saturated heterocycles. The summed E-state index contributed by atoms with van der Waals surface area (Å²) >= 11 is 0. The van der Waals surface area contributed by atoms with E-state index in [9.17, 15) is 9.59 Å². The van der Waals surface area contributed by atoms with Gasteiger partial charge in [-0.2, -0.15) is 9.78 Å². The van der Waals surface area contributed by atoms with Crippen LogP contribution >= 0.6 is 0 Å². The molecule has 0 bridgehead atoms. The van der Waals surface area contributed by atoms with Crippen molar-refractivity contribution in [2.24, 2.45) is 0 Å². The Labute approximate surface area is 190 Å². The minimum Gasteiger partial charge on any atom is -0.305 e. The van der Waals surface area contributed by atoms with Gasteiger partial charge in [-0.3, -0.25) is 19.0 Å². The van der Waals surface area contributed by atoms with E-state index in [1.54, 1.807) is 4.40 Å². The van der Waals surface area contributed by atoms with Gasteiger partial charge in [0.2, 0.25) is 5.95 Å². The number of nitrogens with one attached hydrogen (secondary N) is 2. The summed E-state index contributed by atoms with van der Waals surface area (Å²) in [6, 6.07) is 7.42. The molecule has 0 aliphatic heterocycles. The molecular weight excluding hydrogens is 418 g/mol. The number of aromatic nitrogens is 6. The number of amides is 1. The van der Waals surface area contributed by atoms with Crippen LogP contribution in [-0.2, 0) is 18.3 Å². The molecule has 5 rings (SSSR count). The van der Waals surface area contributed by atoms with Crippen LogP contribution in [-0.4, -0.2) is 35.0 Å². The fourth-order valence-corrected chi connectivity index (χ4v) is 4.25. The van der Waals surface area contributed by atoms with Crippen LogP contribution in [0.1, 0.15) is 66.7 Å². The van der Waals surface area contributed by atoms with Gasteiger partial charge in [-0.25, -0.2) is 9.97 Å². The van der Waals surface area contributed by atoms with Gasteiger partial charge in [-0.05, 0) is 44.7 Å². The number of aryl methyl sites for hydroxylation is 2. The third-order valence-corrected chi connectivity index (χ3v) is 6.02. The lowest BCUT2D eigenvalue weighted by Gasteiger charge is -2.16. The third-order valence-electron chi connectivity index (χ3n) is 6.02. The van der Waals surface area contributed by atoms with Crippen LogP contribution in [0.25, 0.3) is 11.6 Å². The maximum Gasteiger partial charge on any atom is 0.275 e. The average molecular weight is 446 g/mol. The molecule has 0 fully saturated rings. The molecule has 0 saturated carbocycles. The molecular formula is C24H27N7O2. The number of pyridine rings is 1. The summed E-state index contributed by atoms with van der Waals surface area (Å²) in [4.78, 5) is 38.1. The fourth-order valence-electron chi connectivity index (χ4n) is 4.25. The highest BCUT2D eigenvalue weighted by Gasteiger charge is 2.25. The molecule has 0 spiro atoms. The molecule has 0 aromatic carbocycles. The van der Waals surface area contributed by atoms with Crippen molar-refractivity contribution in [2.75, 3.05) is 5.32 Å². The number of carbonyl (C=O) groups excluding carboxylic acids is 1. The van der Waals surface area contributed by atoms with Gasteiger partial charge in [0.1, 0.15) is 17.2 Å². The fraction of sp³-hybridized carbons (Fsp3) is 0.375. The first-order valence-electron chi connectivity index (χ1n) is 11.2. The summed E-state index contributed by atoms with van der Waals surface area (Å²) in [5.74, 6) is 0.434. The van der Waals surface area contributed by atoms with E-state index in [1.807, 2.05) is 58.2 Å². The van der Waals surface area contributed by atoms with Crippen molar-refractivity contribution in [1.82, 2.24) is 29.1 Å². The van der Waals surface area contributed by atoms with E-state index in [1.165, 1.54) is 4.68 Å². The van der Waals surface area contributed by atoms with Crippen LogP contribution in [0.15, 0.2) is 35.3 Å². The Morgan fingerprint density at radius 1 is 1.15 bits per heavy atom. The maximum atomic E-state index is 13.3. The Balaban J connectivity index is 1.60. The van der Waals surface area contributed by atoms with Crippen LogP contribution in [0.3, 0.4) is 0 Å². The summed E-state index contributed by atoms with van der Waals surface area (Å²) in [7, 11) is 0. The Morgan fingerprint density at radius 2 is 1.94 bits per heavy atom. The van der Waals surface area contributed by atoms with Crippen molar-refractivity contribution < 1.29 is 4.79 Å². The van der Waals surface area contributed by atoms with E-state index in [4.69, 9.17) is 10.1 Å². The number of carbonyl (C=O) groups is 1. The molecule has 170 valence electrons.